The minimum Gasteiger partial charge on any atom is -0.508 e. The number of ketones is 1. The summed E-state index contributed by atoms with van der Waals surface area (Å²) in [5.74, 6) is -4.73. The Kier molecular flexibility index (Phi) is 11.5. The maximum Gasteiger partial charge on any atom is 0.305 e. The van der Waals surface area contributed by atoms with E-state index >= 15 is 0 Å². The Hall–Kier alpha value is -3.18. The smallest absolute Gasteiger partial charge is 0.305 e. The van der Waals surface area contributed by atoms with E-state index < -0.39 is 65.9 Å². The van der Waals surface area contributed by atoms with Crippen LogP contribution in [-0.4, -0.2) is 69.7 Å². The minimum absolute atomic E-state index is 0.0813. The van der Waals surface area contributed by atoms with Gasteiger partial charge in [0.25, 0.3) is 0 Å². The number of amides is 3. The van der Waals surface area contributed by atoms with Crippen LogP contribution in [0.5, 0.6) is 5.75 Å². The van der Waals surface area contributed by atoms with Gasteiger partial charge in [0, 0.05) is 0 Å². The fraction of sp³-hybridized carbons (Fsp3) is 0.500. The highest BCUT2D eigenvalue weighted by Crippen LogP contribution is 2.11. The van der Waals surface area contributed by atoms with Crippen molar-refractivity contribution in [1.29, 1.82) is 0 Å². The number of carboxylic acid groups (broad SMARTS) is 1. The molecule has 188 valence electrons. The largest absolute Gasteiger partial charge is 0.508 e. The number of rotatable bonds is 13. The van der Waals surface area contributed by atoms with Gasteiger partial charge in [0.05, 0.1) is 24.4 Å². The summed E-state index contributed by atoms with van der Waals surface area (Å²) in [6, 6.07) is 1.77. The number of nitrogens with one attached hydrogen (secondary N) is 3. The molecule has 4 atom stereocenters. The zero-order valence-electron chi connectivity index (χ0n) is 19.2. The third kappa shape index (κ3) is 9.36. The molecule has 0 fully saturated rings. The van der Waals surface area contributed by atoms with Crippen molar-refractivity contribution >= 4 is 41.1 Å². The molecule has 34 heavy (non-hydrogen) atoms. The topological polar surface area (TPSA) is 188 Å². The summed E-state index contributed by atoms with van der Waals surface area (Å²) in [5, 5.41) is 25.6. The molecule has 0 saturated carbocycles. The van der Waals surface area contributed by atoms with Gasteiger partial charge in [-0.25, -0.2) is 0 Å². The molecule has 0 heterocycles. The molecule has 0 aliphatic rings. The van der Waals surface area contributed by atoms with Crippen LogP contribution < -0.4 is 21.7 Å². The summed E-state index contributed by atoms with van der Waals surface area (Å²) in [6.07, 6.45) is -0.474. The Bertz CT molecular complexity index is 892. The molecule has 12 heteroatoms. The number of aliphatic carboxylic acids is 1. The SMILES string of the molecule is CC(NC(=O)C(NC(=O)C(N)Cc1ccc(O)cc1)C(C)C)C(=O)NC(CC(=O)O)C(=O)CCl. The molecular weight excluding hydrogens is 468 g/mol. The van der Waals surface area contributed by atoms with Gasteiger partial charge >= 0.3 is 5.97 Å². The minimum atomic E-state index is -1.33. The number of benzene rings is 1. The van der Waals surface area contributed by atoms with Crippen LogP contribution in [0.4, 0.5) is 0 Å². The van der Waals surface area contributed by atoms with E-state index in [1.807, 2.05) is 0 Å². The second-order valence-electron chi connectivity index (χ2n) is 8.20. The average Bonchev–Trinajstić information content (AvgIpc) is 2.76. The van der Waals surface area contributed by atoms with Crippen molar-refractivity contribution in [3.05, 3.63) is 29.8 Å². The summed E-state index contributed by atoms with van der Waals surface area (Å²) in [5.41, 5.74) is 6.68. The fourth-order valence-corrected chi connectivity index (χ4v) is 3.14. The van der Waals surface area contributed by atoms with Crippen molar-refractivity contribution in [1.82, 2.24) is 16.0 Å². The van der Waals surface area contributed by atoms with E-state index in [1.54, 1.807) is 26.0 Å². The molecule has 1 rings (SSSR count). The van der Waals surface area contributed by atoms with E-state index in [9.17, 15) is 29.1 Å². The molecule has 0 spiro atoms. The van der Waals surface area contributed by atoms with Gasteiger partial charge in [-0.05, 0) is 37.0 Å². The Morgan fingerprint density at radius 2 is 1.53 bits per heavy atom. The lowest BCUT2D eigenvalue weighted by atomic mass is 10.0. The number of aromatic hydroxyl groups is 1. The van der Waals surface area contributed by atoms with Crippen molar-refractivity contribution in [2.75, 3.05) is 5.88 Å². The van der Waals surface area contributed by atoms with Crippen molar-refractivity contribution in [2.45, 2.75) is 57.8 Å². The first-order chi connectivity index (χ1) is 15.8. The van der Waals surface area contributed by atoms with Crippen molar-refractivity contribution < 1.29 is 34.2 Å². The number of Topliss-reactive ketones (excluding diaryl/α,β-unsaturated/α-hetero) is 1. The predicted molar refractivity (Wildman–Crippen MR) is 124 cm³/mol. The Morgan fingerprint density at radius 1 is 0.941 bits per heavy atom. The Morgan fingerprint density at radius 3 is 2.03 bits per heavy atom. The van der Waals surface area contributed by atoms with Crippen LogP contribution in [0.3, 0.4) is 0 Å². The second kappa shape index (κ2) is 13.5. The number of carbonyl (C=O) groups is 5. The first kappa shape index (κ1) is 28.9. The number of carbonyl (C=O) groups excluding carboxylic acids is 4. The summed E-state index contributed by atoms with van der Waals surface area (Å²) >= 11 is 5.46. The van der Waals surface area contributed by atoms with E-state index in [4.69, 9.17) is 22.4 Å². The molecule has 4 unspecified atom stereocenters. The van der Waals surface area contributed by atoms with Gasteiger partial charge in [-0.2, -0.15) is 0 Å². The van der Waals surface area contributed by atoms with Gasteiger partial charge in [0.2, 0.25) is 17.7 Å². The molecule has 0 aliphatic carbocycles. The number of alkyl halides is 1. The van der Waals surface area contributed by atoms with Crippen molar-refractivity contribution in [3.8, 4) is 5.75 Å². The van der Waals surface area contributed by atoms with Crippen LogP contribution in [-0.2, 0) is 30.4 Å². The molecule has 0 radical (unpaired) electrons. The van der Waals surface area contributed by atoms with Gasteiger partial charge < -0.3 is 31.9 Å². The van der Waals surface area contributed by atoms with Gasteiger partial charge in [-0.3, -0.25) is 24.0 Å². The number of hydrogen-bond acceptors (Lipinski definition) is 7. The van der Waals surface area contributed by atoms with E-state index in [2.05, 4.69) is 16.0 Å². The van der Waals surface area contributed by atoms with Crippen LogP contribution in [0.2, 0.25) is 0 Å². The van der Waals surface area contributed by atoms with Crippen LogP contribution in [0.25, 0.3) is 0 Å². The van der Waals surface area contributed by atoms with Crippen LogP contribution in [0.15, 0.2) is 24.3 Å². The second-order valence-corrected chi connectivity index (χ2v) is 8.46. The lowest BCUT2D eigenvalue weighted by Crippen LogP contribution is -2.58. The number of nitrogens with two attached hydrogens (primary N) is 1. The van der Waals surface area contributed by atoms with Crippen LogP contribution in [0, 0.1) is 5.92 Å². The lowest BCUT2D eigenvalue weighted by Gasteiger charge is -2.25. The molecule has 7 N–H and O–H groups in total. The third-order valence-corrected chi connectivity index (χ3v) is 5.21. The Balaban J connectivity index is 2.76. The van der Waals surface area contributed by atoms with Crippen molar-refractivity contribution in [2.24, 2.45) is 11.7 Å². The zero-order valence-corrected chi connectivity index (χ0v) is 20.0. The number of phenols is 1. The molecule has 3 amide bonds. The number of carboxylic acids is 1. The highest BCUT2D eigenvalue weighted by molar-refractivity contribution is 6.28. The normalized spacial score (nSPS) is 14.4. The quantitative estimate of drug-likeness (QED) is 0.199. The summed E-state index contributed by atoms with van der Waals surface area (Å²) < 4.78 is 0. The van der Waals surface area contributed by atoms with E-state index in [0.29, 0.717) is 0 Å². The maximum absolute atomic E-state index is 12.8. The molecule has 0 saturated heterocycles. The standard InChI is InChI=1S/C22H31ClN4O7/c1-11(2)19(27-21(33)15(24)8-13-4-6-14(28)7-5-13)22(34)25-12(3)20(32)26-16(9-18(30)31)17(29)10-23/h4-7,11-12,15-16,19,28H,8-10,24H2,1-3H3,(H,25,34)(H,26,32)(H,27,33)(H,30,31). The summed E-state index contributed by atoms with van der Waals surface area (Å²) in [4.78, 5) is 60.4. The molecule has 1 aromatic rings. The van der Waals surface area contributed by atoms with Gasteiger partial charge in [-0.1, -0.05) is 26.0 Å². The molecular formula is C22H31ClN4O7. The summed E-state index contributed by atoms with van der Waals surface area (Å²) in [7, 11) is 0. The third-order valence-electron chi connectivity index (χ3n) is 4.94. The molecule has 0 aromatic heterocycles. The number of phenolic OH excluding ortho intramolecular Hbond substituents is 1. The maximum atomic E-state index is 12.8. The van der Waals surface area contributed by atoms with E-state index in [0.717, 1.165) is 5.56 Å². The zero-order chi connectivity index (χ0) is 26.0. The van der Waals surface area contributed by atoms with E-state index in [1.165, 1.54) is 19.1 Å². The number of halogens is 1. The van der Waals surface area contributed by atoms with Crippen LogP contribution >= 0.6 is 11.6 Å². The first-order valence-electron chi connectivity index (χ1n) is 10.6. The van der Waals surface area contributed by atoms with E-state index in [-0.39, 0.29) is 18.1 Å². The van der Waals surface area contributed by atoms with Crippen molar-refractivity contribution in [3.63, 3.8) is 0 Å². The van der Waals surface area contributed by atoms with Gasteiger partial charge in [-0.15, -0.1) is 11.6 Å². The summed E-state index contributed by atoms with van der Waals surface area (Å²) in [6.45, 7) is 4.75. The van der Waals surface area contributed by atoms with Crippen LogP contribution in [0.1, 0.15) is 32.8 Å². The molecule has 0 bridgehead atoms. The molecule has 11 nitrogen and oxygen atoms in total. The highest BCUT2D eigenvalue weighted by Gasteiger charge is 2.30. The Labute approximate surface area is 202 Å². The molecule has 0 aliphatic heterocycles. The predicted octanol–water partition coefficient (Wildman–Crippen LogP) is -0.325. The highest BCUT2D eigenvalue weighted by atomic mass is 35.5. The lowest BCUT2D eigenvalue weighted by molar-refractivity contribution is -0.140. The average molecular weight is 499 g/mol. The monoisotopic (exact) mass is 498 g/mol. The molecule has 1 aromatic carbocycles. The van der Waals surface area contributed by atoms with Gasteiger partial charge in [0.15, 0.2) is 5.78 Å². The fourth-order valence-electron chi connectivity index (χ4n) is 2.95. The van der Waals surface area contributed by atoms with Gasteiger partial charge in [0.1, 0.15) is 17.8 Å². The first-order valence-corrected chi connectivity index (χ1v) is 11.1. The number of hydrogen-bond donors (Lipinski definition) is 6.